The van der Waals surface area contributed by atoms with Crippen LogP contribution in [-0.2, 0) is 6.42 Å². The molecule has 5 heteroatoms. The number of ether oxygens (including phenoxy) is 1. The standard InChI is InChI=1S/C17H19FN2O2/c1-2-22-16-9-8-13(12-15(16)18)10-11-19-17(21)20-14-6-4-3-5-7-14/h3-9,12H,2,10-11H2,1H3,(H2,19,20,21). The van der Waals surface area contributed by atoms with Crippen LogP contribution in [-0.4, -0.2) is 19.2 Å². The van der Waals surface area contributed by atoms with E-state index in [4.69, 9.17) is 4.74 Å². The Hall–Kier alpha value is -2.56. The molecule has 2 aromatic rings. The summed E-state index contributed by atoms with van der Waals surface area (Å²) >= 11 is 0. The third kappa shape index (κ3) is 4.77. The molecule has 0 aliphatic heterocycles. The third-order valence-electron chi connectivity index (χ3n) is 3.03. The van der Waals surface area contributed by atoms with Gasteiger partial charge in [-0.05, 0) is 43.2 Å². The summed E-state index contributed by atoms with van der Waals surface area (Å²) in [5, 5.41) is 5.46. The molecule has 0 aromatic heterocycles. The van der Waals surface area contributed by atoms with Gasteiger partial charge in [0.05, 0.1) is 6.61 Å². The van der Waals surface area contributed by atoms with Gasteiger partial charge in [0.1, 0.15) is 0 Å². The van der Waals surface area contributed by atoms with E-state index in [1.807, 2.05) is 25.1 Å². The molecule has 0 aliphatic carbocycles. The molecule has 0 unspecified atom stereocenters. The summed E-state index contributed by atoms with van der Waals surface area (Å²) < 4.78 is 18.8. The van der Waals surface area contributed by atoms with Crippen molar-refractivity contribution in [2.45, 2.75) is 13.3 Å². The molecular weight excluding hydrogens is 283 g/mol. The minimum atomic E-state index is -0.381. The number of para-hydroxylation sites is 1. The van der Waals surface area contributed by atoms with Crippen molar-refractivity contribution in [1.29, 1.82) is 0 Å². The minimum absolute atomic E-state index is 0.251. The van der Waals surface area contributed by atoms with Gasteiger partial charge < -0.3 is 15.4 Å². The topological polar surface area (TPSA) is 50.4 Å². The third-order valence-corrected chi connectivity index (χ3v) is 3.03. The lowest BCUT2D eigenvalue weighted by Gasteiger charge is -2.09. The molecule has 0 heterocycles. The first-order chi connectivity index (χ1) is 10.7. The first-order valence-electron chi connectivity index (χ1n) is 7.20. The van der Waals surface area contributed by atoms with E-state index in [0.29, 0.717) is 19.6 Å². The van der Waals surface area contributed by atoms with Crippen LogP contribution >= 0.6 is 0 Å². The molecule has 2 rings (SSSR count). The Balaban J connectivity index is 1.78. The summed E-state index contributed by atoms with van der Waals surface area (Å²) in [6.07, 6.45) is 0.547. The summed E-state index contributed by atoms with van der Waals surface area (Å²) in [5.74, 6) is -0.130. The van der Waals surface area contributed by atoms with Crippen molar-refractivity contribution in [3.8, 4) is 5.75 Å². The number of urea groups is 1. The Bertz CT molecular complexity index is 617. The fourth-order valence-corrected chi connectivity index (χ4v) is 1.99. The molecule has 22 heavy (non-hydrogen) atoms. The molecule has 0 spiro atoms. The smallest absolute Gasteiger partial charge is 0.319 e. The van der Waals surface area contributed by atoms with Crippen LogP contribution in [0.15, 0.2) is 48.5 Å². The molecule has 0 bridgehead atoms. The van der Waals surface area contributed by atoms with Crippen molar-refractivity contribution in [1.82, 2.24) is 5.32 Å². The van der Waals surface area contributed by atoms with Crippen LogP contribution in [0.1, 0.15) is 12.5 Å². The average molecular weight is 302 g/mol. The van der Waals surface area contributed by atoms with Crippen LogP contribution in [0.3, 0.4) is 0 Å². The van der Waals surface area contributed by atoms with E-state index in [-0.39, 0.29) is 17.6 Å². The molecule has 2 N–H and O–H groups in total. The molecule has 0 atom stereocenters. The van der Waals surface area contributed by atoms with Gasteiger partial charge in [-0.2, -0.15) is 0 Å². The zero-order chi connectivity index (χ0) is 15.8. The number of benzene rings is 2. The summed E-state index contributed by atoms with van der Waals surface area (Å²) in [5.41, 5.74) is 1.54. The lowest BCUT2D eigenvalue weighted by atomic mass is 10.1. The fourth-order valence-electron chi connectivity index (χ4n) is 1.99. The normalized spacial score (nSPS) is 10.1. The highest BCUT2D eigenvalue weighted by Crippen LogP contribution is 2.18. The second-order valence-electron chi connectivity index (χ2n) is 4.69. The molecule has 0 radical (unpaired) electrons. The maximum absolute atomic E-state index is 13.7. The summed E-state index contributed by atoms with van der Waals surface area (Å²) in [6, 6.07) is 13.7. The highest BCUT2D eigenvalue weighted by molar-refractivity contribution is 5.89. The second kappa shape index (κ2) is 8.02. The highest BCUT2D eigenvalue weighted by atomic mass is 19.1. The Morgan fingerprint density at radius 3 is 2.64 bits per heavy atom. The number of halogens is 1. The van der Waals surface area contributed by atoms with Crippen molar-refractivity contribution in [2.24, 2.45) is 0 Å². The van der Waals surface area contributed by atoms with Gasteiger partial charge in [-0.1, -0.05) is 24.3 Å². The van der Waals surface area contributed by atoms with Gasteiger partial charge in [-0.15, -0.1) is 0 Å². The van der Waals surface area contributed by atoms with E-state index in [1.54, 1.807) is 24.3 Å². The number of amides is 2. The molecule has 2 aromatic carbocycles. The van der Waals surface area contributed by atoms with E-state index in [0.717, 1.165) is 11.3 Å². The van der Waals surface area contributed by atoms with Gasteiger partial charge in [0, 0.05) is 12.2 Å². The zero-order valence-corrected chi connectivity index (χ0v) is 12.4. The van der Waals surface area contributed by atoms with Gasteiger partial charge in [-0.3, -0.25) is 0 Å². The molecule has 0 aliphatic rings. The number of carbonyl (C=O) groups is 1. The van der Waals surface area contributed by atoms with Crippen LogP contribution in [0, 0.1) is 5.82 Å². The summed E-state index contributed by atoms with van der Waals surface area (Å²) in [6.45, 7) is 2.66. The van der Waals surface area contributed by atoms with Crippen molar-refractivity contribution in [3.05, 3.63) is 59.9 Å². The Morgan fingerprint density at radius 1 is 1.18 bits per heavy atom. The van der Waals surface area contributed by atoms with Crippen molar-refractivity contribution in [2.75, 3.05) is 18.5 Å². The van der Waals surface area contributed by atoms with E-state index in [2.05, 4.69) is 10.6 Å². The van der Waals surface area contributed by atoms with E-state index < -0.39 is 0 Å². The molecule has 0 saturated carbocycles. The van der Waals surface area contributed by atoms with Crippen molar-refractivity contribution in [3.63, 3.8) is 0 Å². The zero-order valence-electron chi connectivity index (χ0n) is 12.4. The molecule has 4 nitrogen and oxygen atoms in total. The van der Waals surface area contributed by atoms with Crippen molar-refractivity contribution >= 4 is 11.7 Å². The van der Waals surface area contributed by atoms with Gasteiger partial charge in [0.15, 0.2) is 11.6 Å². The van der Waals surface area contributed by atoms with E-state index >= 15 is 0 Å². The summed E-state index contributed by atoms with van der Waals surface area (Å²) in [7, 11) is 0. The van der Waals surface area contributed by atoms with Crippen LogP contribution in [0.2, 0.25) is 0 Å². The van der Waals surface area contributed by atoms with Crippen LogP contribution < -0.4 is 15.4 Å². The van der Waals surface area contributed by atoms with E-state index in [9.17, 15) is 9.18 Å². The Kier molecular flexibility index (Phi) is 5.77. The van der Waals surface area contributed by atoms with Gasteiger partial charge >= 0.3 is 6.03 Å². The second-order valence-corrected chi connectivity index (χ2v) is 4.69. The number of anilines is 1. The quantitative estimate of drug-likeness (QED) is 0.856. The average Bonchev–Trinajstić information content (AvgIpc) is 2.51. The lowest BCUT2D eigenvalue weighted by molar-refractivity contribution is 0.252. The predicted octanol–water partition coefficient (Wildman–Crippen LogP) is 3.59. The highest BCUT2D eigenvalue weighted by Gasteiger charge is 2.05. The number of hydrogen-bond acceptors (Lipinski definition) is 2. The van der Waals surface area contributed by atoms with Gasteiger partial charge in [0.25, 0.3) is 0 Å². The van der Waals surface area contributed by atoms with Gasteiger partial charge in [0.2, 0.25) is 0 Å². The number of rotatable bonds is 6. The maximum atomic E-state index is 13.7. The molecule has 2 amide bonds. The van der Waals surface area contributed by atoms with Gasteiger partial charge in [-0.25, -0.2) is 9.18 Å². The minimum Gasteiger partial charge on any atom is -0.491 e. The first kappa shape index (κ1) is 15.8. The number of hydrogen-bond donors (Lipinski definition) is 2. The number of carbonyl (C=O) groups excluding carboxylic acids is 1. The summed E-state index contributed by atoms with van der Waals surface area (Å²) in [4.78, 5) is 11.7. The van der Waals surface area contributed by atoms with Crippen LogP contribution in [0.4, 0.5) is 14.9 Å². The molecular formula is C17H19FN2O2. The Labute approximate surface area is 129 Å². The molecule has 116 valence electrons. The van der Waals surface area contributed by atoms with Crippen LogP contribution in [0.25, 0.3) is 0 Å². The first-order valence-corrected chi connectivity index (χ1v) is 7.20. The SMILES string of the molecule is CCOc1ccc(CCNC(=O)Nc2ccccc2)cc1F. The predicted molar refractivity (Wildman–Crippen MR) is 84.7 cm³/mol. The monoisotopic (exact) mass is 302 g/mol. The molecule has 0 saturated heterocycles. The van der Waals surface area contributed by atoms with Crippen molar-refractivity contribution < 1.29 is 13.9 Å². The van der Waals surface area contributed by atoms with Crippen LogP contribution in [0.5, 0.6) is 5.75 Å². The largest absolute Gasteiger partial charge is 0.491 e. The maximum Gasteiger partial charge on any atom is 0.319 e. The fraction of sp³-hybridized carbons (Fsp3) is 0.235. The number of nitrogens with one attached hydrogen (secondary N) is 2. The Morgan fingerprint density at radius 2 is 1.95 bits per heavy atom. The van der Waals surface area contributed by atoms with E-state index in [1.165, 1.54) is 6.07 Å². The molecule has 0 fully saturated rings. The lowest BCUT2D eigenvalue weighted by Crippen LogP contribution is -2.30.